The normalized spacial score (nSPS) is 13.1. The van der Waals surface area contributed by atoms with Crippen LogP contribution in [0.25, 0.3) is 11.0 Å². The van der Waals surface area contributed by atoms with Gasteiger partial charge < -0.3 is 4.98 Å². The number of nitrogens with one attached hydrogen (secondary N) is 2. The van der Waals surface area contributed by atoms with Crippen molar-refractivity contribution in [1.29, 1.82) is 0 Å². The van der Waals surface area contributed by atoms with Gasteiger partial charge in [-0.15, -0.1) is 0 Å². The second-order valence-corrected chi connectivity index (χ2v) is 6.51. The number of aromatic amines is 1. The van der Waals surface area contributed by atoms with Gasteiger partial charge in [-0.2, -0.15) is 0 Å². The number of aromatic nitrogens is 2. The van der Waals surface area contributed by atoms with Gasteiger partial charge in [-0.1, -0.05) is 12.1 Å². The van der Waals surface area contributed by atoms with Gasteiger partial charge in [0.2, 0.25) is 5.16 Å². The summed E-state index contributed by atoms with van der Waals surface area (Å²) in [7, 11) is -3.60. The number of nitrogens with zero attached hydrogens (tertiary/aromatic N) is 1. The Labute approximate surface area is 100 Å². The Balaban J connectivity index is 2.46. The van der Waals surface area contributed by atoms with Crippen molar-refractivity contribution in [2.45, 2.75) is 31.5 Å². The predicted octanol–water partition coefficient (Wildman–Crippen LogP) is 1.64. The molecule has 2 N–H and O–H groups in total. The minimum Gasteiger partial charge on any atom is -0.328 e. The molecule has 0 spiro atoms. The van der Waals surface area contributed by atoms with Crippen LogP contribution in [0.1, 0.15) is 20.8 Å². The predicted molar refractivity (Wildman–Crippen MR) is 66.2 cm³/mol. The molecule has 1 heterocycles. The Morgan fingerprint density at radius 1 is 1.24 bits per heavy atom. The van der Waals surface area contributed by atoms with E-state index in [9.17, 15) is 8.42 Å². The Morgan fingerprint density at radius 3 is 2.47 bits per heavy atom. The first-order chi connectivity index (χ1) is 7.78. The number of sulfonamides is 1. The van der Waals surface area contributed by atoms with Crippen LogP contribution in [0.15, 0.2) is 29.4 Å². The van der Waals surface area contributed by atoms with E-state index < -0.39 is 15.6 Å². The molecule has 17 heavy (non-hydrogen) atoms. The first kappa shape index (κ1) is 12.1. The van der Waals surface area contributed by atoms with E-state index in [-0.39, 0.29) is 5.16 Å². The number of rotatable bonds is 2. The number of imidazole rings is 1. The van der Waals surface area contributed by atoms with Gasteiger partial charge in [0.1, 0.15) is 0 Å². The van der Waals surface area contributed by atoms with Crippen LogP contribution in [0.2, 0.25) is 0 Å². The van der Waals surface area contributed by atoms with Gasteiger partial charge in [-0.25, -0.2) is 18.1 Å². The largest absolute Gasteiger partial charge is 0.328 e. The third-order valence-electron chi connectivity index (χ3n) is 2.06. The summed E-state index contributed by atoms with van der Waals surface area (Å²) in [4.78, 5) is 6.86. The fraction of sp³-hybridized carbons (Fsp3) is 0.364. The molecule has 0 aliphatic carbocycles. The standard InChI is InChI=1S/C11H15N3O2S/c1-11(2,3)14-17(15,16)10-12-8-6-4-5-7-9(8)13-10/h4-7,14H,1-3H3,(H,12,13). The number of fused-ring (bicyclic) bond motifs is 1. The molecule has 92 valence electrons. The first-order valence-corrected chi connectivity index (χ1v) is 6.75. The zero-order valence-corrected chi connectivity index (χ0v) is 10.8. The van der Waals surface area contributed by atoms with Crippen LogP contribution in [0.3, 0.4) is 0 Å². The topological polar surface area (TPSA) is 74.8 Å². The zero-order valence-electron chi connectivity index (χ0n) is 9.98. The second kappa shape index (κ2) is 3.82. The van der Waals surface area contributed by atoms with Crippen molar-refractivity contribution in [3.05, 3.63) is 24.3 Å². The van der Waals surface area contributed by atoms with E-state index in [1.165, 1.54) is 0 Å². The summed E-state index contributed by atoms with van der Waals surface area (Å²) in [6.45, 7) is 5.35. The molecule has 0 atom stereocenters. The summed E-state index contributed by atoms with van der Waals surface area (Å²) in [5.74, 6) is 0. The summed E-state index contributed by atoms with van der Waals surface area (Å²) < 4.78 is 26.6. The summed E-state index contributed by atoms with van der Waals surface area (Å²) >= 11 is 0. The number of hydrogen-bond donors (Lipinski definition) is 2. The van der Waals surface area contributed by atoms with Crippen LogP contribution < -0.4 is 4.72 Å². The van der Waals surface area contributed by atoms with E-state index in [4.69, 9.17) is 0 Å². The molecule has 0 saturated carbocycles. The number of para-hydroxylation sites is 2. The Kier molecular flexibility index (Phi) is 2.71. The molecule has 0 aliphatic rings. The molecule has 1 aromatic carbocycles. The average molecular weight is 253 g/mol. The molecule has 2 rings (SSSR count). The minimum atomic E-state index is -3.60. The lowest BCUT2D eigenvalue weighted by Gasteiger charge is -2.18. The molecule has 0 bridgehead atoms. The van der Waals surface area contributed by atoms with E-state index >= 15 is 0 Å². The van der Waals surface area contributed by atoms with Crippen LogP contribution in [0.4, 0.5) is 0 Å². The molecule has 5 nitrogen and oxygen atoms in total. The monoisotopic (exact) mass is 253 g/mol. The second-order valence-electron chi connectivity index (χ2n) is 4.91. The molecular formula is C11H15N3O2S. The van der Waals surface area contributed by atoms with Crippen LogP contribution in [-0.2, 0) is 10.0 Å². The molecule has 2 aromatic rings. The van der Waals surface area contributed by atoms with Crippen molar-refractivity contribution >= 4 is 21.1 Å². The van der Waals surface area contributed by atoms with Crippen LogP contribution in [0, 0.1) is 0 Å². The number of H-pyrrole nitrogens is 1. The smallest absolute Gasteiger partial charge is 0.274 e. The molecule has 6 heteroatoms. The van der Waals surface area contributed by atoms with Gasteiger partial charge in [0, 0.05) is 5.54 Å². The maximum Gasteiger partial charge on any atom is 0.274 e. The highest BCUT2D eigenvalue weighted by atomic mass is 32.2. The van der Waals surface area contributed by atoms with E-state index in [2.05, 4.69) is 14.7 Å². The van der Waals surface area contributed by atoms with Crippen molar-refractivity contribution in [2.75, 3.05) is 0 Å². The van der Waals surface area contributed by atoms with E-state index in [0.717, 1.165) is 0 Å². The fourth-order valence-electron chi connectivity index (χ4n) is 1.51. The lowest BCUT2D eigenvalue weighted by molar-refractivity contribution is 0.488. The highest BCUT2D eigenvalue weighted by Gasteiger charge is 2.24. The van der Waals surface area contributed by atoms with Crippen molar-refractivity contribution in [3.8, 4) is 0 Å². The lowest BCUT2D eigenvalue weighted by Crippen LogP contribution is -2.40. The SMILES string of the molecule is CC(C)(C)NS(=O)(=O)c1nc2ccccc2[nH]1. The summed E-state index contributed by atoms with van der Waals surface area (Å²) in [6, 6.07) is 7.20. The van der Waals surface area contributed by atoms with Gasteiger partial charge in [-0.3, -0.25) is 0 Å². The maximum atomic E-state index is 12.0. The molecule has 0 fully saturated rings. The van der Waals surface area contributed by atoms with E-state index in [1.54, 1.807) is 32.9 Å². The van der Waals surface area contributed by atoms with Gasteiger partial charge in [0.25, 0.3) is 10.0 Å². The van der Waals surface area contributed by atoms with Crippen LogP contribution >= 0.6 is 0 Å². The third kappa shape index (κ3) is 2.65. The molecule has 0 unspecified atom stereocenters. The molecular weight excluding hydrogens is 238 g/mol. The van der Waals surface area contributed by atoms with Crippen LogP contribution in [0.5, 0.6) is 0 Å². The Bertz CT molecular complexity index is 605. The van der Waals surface area contributed by atoms with Gasteiger partial charge in [-0.05, 0) is 32.9 Å². The van der Waals surface area contributed by atoms with E-state index in [1.807, 2.05) is 12.1 Å². The average Bonchev–Trinajstić information content (AvgIpc) is 2.57. The molecule has 0 radical (unpaired) electrons. The summed E-state index contributed by atoms with van der Waals surface area (Å²) in [5.41, 5.74) is 0.821. The van der Waals surface area contributed by atoms with Crippen molar-refractivity contribution in [3.63, 3.8) is 0 Å². The summed E-state index contributed by atoms with van der Waals surface area (Å²) in [5, 5.41) is -0.0476. The first-order valence-electron chi connectivity index (χ1n) is 5.27. The molecule has 0 amide bonds. The molecule has 0 aliphatic heterocycles. The van der Waals surface area contributed by atoms with Crippen molar-refractivity contribution in [2.24, 2.45) is 0 Å². The van der Waals surface area contributed by atoms with Crippen LogP contribution in [-0.4, -0.2) is 23.9 Å². The van der Waals surface area contributed by atoms with Gasteiger partial charge in [0.05, 0.1) is 11.0 Å². The minimum absolute atomic E-state index is 0.0476. The van der Waals surface area contributed by atoms with Gasteiger partial charge in [0.15, 0.2) is 0 Å². The number of hydrogen-bond acceptors (Lipinski definition) is 3. The van der Waals surface area contributed by atoms with Gasteiger partial charge >= 0.3 is 0 Å². The van der Waals surface area contributed by atoms with Crippen molar-refractivity contribution in [1.82, 2.24) is 14.7 Å². The maximum absolute atomic E-state index is 12.0. The highest BCUT2D eigenvalue weighted by molar-refractivity contribution is 7.89. The third-order valence-corrected chi connectivity index (χ3v) is 3.65. The fourth-order valence-corrected chi connectivity index (χ4v) is 2.87. The highest BCUT2D eigenvalue weighted by Crippen LogP contribution is 2.15. The molecule has 0 saturated heterocycles. The Morgan fingerprint density at radius 2 is 1.88 bits per heavy atom. The Hall–Kier alpha value is -1.40. The number of benzene rings is 1. The molecule has 1 aromatic heterocycles. The zero-order chi connectivity index (χ0) is 12.7. The summed E-state index contributed by atoms with van der Waals surface area (Å²) in [6.07, 6.45) is 0. The lowest BCUT2D eigenvalue weighted by atomic mass is 10.1. The quantitative estimate of drug-likeness (QED) is 0.854. The van der Waals surface area contributed by atoms with E-state index in [0.29, 0.717) is 11.0 Å². The van der Waals surface area contributed by atoms with Crippen molar-refractivity contribution < 1.29 is 8.42 Å².